The molecule has 0 aromatic heterocycles. The predicted molar refractivity (Wildman–Crippen MR) is 129 cm³/mol. The summed E-state index contributed by atoms with van der Waals surface area (Å²) in [7, 11) is 0. The maximum absolute atomic E-state index is 13.0. The summed E-state index contributed by atoms with van der Waals surface area (Å²) in [6.07, 6.45) is 0.670. The van der Waals surface area contributed by atoms with Gasteiger partial charge >= 0.3 is 5.97 Å². The highest BCUT2D eigenvalue weighted by Crippen LogP contribution is 2.11. The fraction of sp³-hybridized carbons (Fsp3) is 0.500. The molecule has 0 aliphatic rings. The number of amides is 3. The van der Waals surface area contributed by atoms with Gasteiger partial charge in [-0.15, -0.1) is 0 Å². The van der Waals surface area contributed by atoms with Gasteiger partial charge < -0.3 is 43.4 Å². The van der Waals surface area contributed by atoms with Crippen LogP contribution >= 0.6 is 0 Å². The number of aliphatic carboxylic acids is 1. The first-order chi connectivity index (χ1) is 16.4. The molecule has 0 saturated heterocycles. The first kappa shape index (κ1) is 29.2. The van der Waals surface area contributed by atoms with Crippen molar-refractivity contribution >= 4 is 29.7 Å². The van der Waals surface area contributed by atoms with Crippen molar-refractivity contribution in [2.75, 3.05) is 13.1 Å². The number of hydrogen-bond donors (Lipinski definition) is 8. The molecule has 1 aromatic carbocycles. The quantitative estimate of drug-likeness (QED) is 0.0823. The molecule has 0 fully saturated rings. The summed E-state index contributed by atoms with van der Waals surface area (Å²) in [5, 5.41) is 25.6. The second kappa shape index (κ2) is 14.4. The van der Waals surface area contributed by atoms with Crippen LogP contribution in [0.4, 0.5) is 0 Å². The number of hydrogen-bond acceptors (Lipinski definition) is 7. The Labute approximate surface area is 203 Å². The Bertz CT molecular complexity index is 900. The average molecular weight is 494 g/mol. The lowest BCUT2D eigenvalue weighted by atomic mass is 10.0. The molecule has 11 N–H and O–H groups in total. The Morgan fingerprint density at radius 3 is 2.17 bits per heavy atom. The van der Waals surface area contributed by atoms with E-state index in [1.807, 2.05) is 0 Å². The van der Waals surface area contributed by atoms with Crippen LogP contribution in [0.3, 0.4) is 0 Å². The lowest BCUT2D eigenvalue weighted by molar-refractivity contribution is -0.139. The SMILES string of the molecule is CC(C)C(NC(=O)C(CCCN=C(N)N)NC(=O)C(N)Cc1ccc(O)cc1)C(=O)NCC(=O)O. The number of nitrogens with two attached hydrogens (primary N) is 3. The lowest BCUT2D eigenvalue weighted by Crippen LogP contribution is -2.57. The smallest absolute Gasteiger partial charge is 0.322 e. The first-order valence-corrected chi connectivity index (χ1v) is 11.1. The van der Waals surface area contributed by atoms with Crippen molar-refractivity contribution in [1.82, 2.24) is 16.0 Å². The number of carboxylic acids is 1. The molecule has 0 aliphatic carbocycles. The number of benzene rings is 1. The zero-order valence-electron chi connectivity index (χ0n) is 19.9. The molecule has 194 valence electrons. The molecule has 0 saturated carbocycles. The van der Waals surface area contributed by atoms with E-state index in [9.17, 15) is 24.3 Å². The van der Waals surface area contributed by atoms with E-state index < -0.39 is 48.4 Å². The number of nitrogens with zero attached hydrogens (tertiary/aromatic N) is 1. The Balaban J connectivity index is 2.91. The Morgan fingerprint density at radius 2 is 1.63 bits per heavy atom. The van der Waals surface area contributed by atoms with Gasteiger partial charge in [-0.1, -0.05) is 26.0 Å². The van der Waals surface area contributed by atoms with Gasteiger partial charge in [-0.05, 0) is 42.9 Å². The summed E-state index contributed by atoms with van der Waals surface area (Å²) >= 11 is 0. The normalized spacial score (nSPS) is 13.3. The van der Waals surface area contributed by atoms with Crippen LogP contribution in [0.2, 0.25) is 0 Å². The molecule has 3 atom stereocenters. The molecule has 13 heteroatoms. The fourth-order valence-electron chi connectivity index (χ4n) is 3.09. The molecule has 0 radical (unpaired) electrons. The minimum absolute atomic E-state index is 0.0800. The van der Waals surface area contributed by atoms with Crippen LogP contribution in [-0.2, 0) is 25.6 Å². The van der Waals surface area contributed by atoms with E-state index in [0.29, 0.717) is 12.0 Å². The lowest BCUT2D eigenvalue weighted by Gasteiger charge is -2.26. The van der Waals surface area contributed by atoms with Crippen LogP contribution in [0.15, 0.2) is 29.3 Å². The highest BCUT2D eigenvalue weighted by atomic mass is 16.4. The second-order valence-corrected chi connectivity index (χ2v) is 8.33. The van der Waals surface area contributed by atoms with Crippen molar-refractivity contribution in [2.24, 2.45) is 28.1 Å². The third kappa shape index (κ3) is 11.2. The zero-order chi connectivity index (χ0) is 26.5. The minimum Gasteiger partial charge on any atom is -0.508 e. The molecular weight excluding hydrogens is 458 g/mol. The molecule has 0 aliphatic heterocycles. The van der Waals surface area contributed by atoms with Crippen molar-refractivity contribution in [1.29, 1.82) is 0 Å². The van der Waals surface area contributed by atoms with E-state index in [0.717, 1.165) is 0 Å². The van der Waals surface area contributed by atoms with E-state index in [2.05, 4.69) is 20.9 Å². The van der Waals surface area contributed by atoms with Crippen molar-refractivity contribution in [3.63, 3.8) is 0 Å². The van der Waals surface area contributed by atoms with Gasteiger partial charge in [0.05, 0.1) is 6.04 Å². The van der Waals surface area contributed by atoms with Crippen LogP contribution in [-0.4, -0.2) is 71.1 Å². The summed E-state index contributed by atoms with van der Waals surface area (Å²) in [5.41, 5.74) is 17.4. The summed E-state index contributed by atoms with van der Waals surface area (Å²) in [4.78, 5) is 52.7. The number of carbonyl (C=O) groups is 4. The number of nitrogens with one attached hydrogen (secondary N) is 3. The number of aliphatic imine (C=N–C) groups is 1. The predicted octanol–water partition coefficient (Wildman–Crippen LogP) is -1.86. The highest BCUT2D eigenvalue weighted by molar-refractivity contribution is 5.93. The van der Waals surface area contributed by atoms with Gasteiger partial charge in [-0.2, -0.15) is 0 Å². The Hall–Kier alpha value is -3.87. The van der Waals surface area contributed by atoms with Gasteiger partial charge in [0.25, 0.3) is 0 Å². The van der Waals surface area contributed by atoms with E-state index in [1.165, 1.54) is 12.1 Å². The van der Waals surface area contributed by atoms with E-state index >= 15 is 0 Å². The molecule has 3 unspecified atom stereocenters. The molecule has 0 bridgehead atoms. The minimum atomic E-state index is -1.22. The van der Waals surface area contributed by atoms with E-state index in [-0.39, 0.29) is 37.0 Å². The number of aromatic hydroxyl groups is 1. The Kier molecular flexibility index (Phi) is 12.0. The summed E-state index contributed by atoms with van der Waals surface area (Å²) < 4.78 is 0. The van der Waals surface area contributed by atoms with Crippen LogP contribution < -0.4 is 33.2 Å². The van der Waals surface area contributed by atoms with Gasteiger partial charge in [0.2, 0.25) is 17.7 Å². The molecule has 35 heavy (non-hydrogen) atoms. The maximum Gasteiger partial charge on any atom is 0.322 e. The van der Waals surface area contributed by atoms with Crippen LogP contribution in [0.5, 0.6) is 5.75 Å². The second-order valence-electron chi connectivity index (χ2n) is 8.33. The standard InChI is InChI=1S/C22H35N7O6/c1-12(2)18(21(35)27-11-17(31)32)29-20(34)16(4-3-9-26-22(24)25)28-19(33)15(23)10-13-5-7-14(30)8-6-13/h5-8,12,15-16,18,30H,3-4,9-11,23H2,1-2H3,(H,27,35)(H,28,33)(H,29,34)(H,31,32)(H4,24,25,26). The average Bonchev–Trinajstić information content (AvgIpc) is 2.78. The number of rotatable bonds is 14. The molecule has 0 spiro atoms. The van der Waals surface area contributed by atoms with Crippen LogP contribution in [0.25, 0.3) is 0 Å². The molecule has 13 nitrogen and oxygen atoms in total. The third-order valence-electron chi connectivity index (χ3n) is 4.97. The number of carbonyl (C=O) groups excluding carboxylic acids is 3. The first-order valence-electron chi connectivity index (χ1n) is 11.1. The Morgan fingerprint density at radius 1 is 1.00 bits per heavy atom. The van der Waals surface area contributed by atoms with E-state index in [1.54, 1.807) is 26.0 Å². The van der Waals surface area contributed by atoms with Gasteiger partial charge in [-0.25, -0.2) is 0 Å². The van der Waals surface area contributed by atoms with E-state index in [4.69, 9.17) is 22.3 Å². The van der Waals surface area contributed by atoms with Crippen LogP contribution in [0.1, 0.15) is 32.3 Å². The fourth-order valence-corrected chi connectivity index (χ4v) is 3.09. The van der Waals surface area contributed by atoms with Crippen molar-refractivity contribution in [2.45, 2.75) is 51.2 Å². The third-order valence-corrected chi connectivity index (χ3v) is 4.97. The molecule has 1 rings (SSSR count). The summed E-state index contributed by atoms with van der Waals surface area (Å²) in [5.74, 6) is -3.50. The highest BCUT2D eigenvalue weighted by Gasteiger charge is 2.29. The molecular formula is C22H35N7O6. The summed E-state index contributed by atoms with van der Waals surface area (Å²) in [6.45, 7) is 2.99. The maximum atomic E-state index is 13.0. The van der Waals surface area contributed by atoms with Crippen LogP contribution in [0, 0.1) is 5.92 Å². The zero-order valence-corrected chi connectivity index (χ0v) is 19.9. The molecule has 3 amide bonds. The number of phenols is 1. The van der Waals surface area contributed by atoms with Gasteiger partial charge in [0, 0.05) is 6.54 Å². The summed E-state index contributed by atoms with van der Waals surface area (Å²) in [6, 6.07) is 3.16. The van der Waals surface area contributed by atoms with Crippen molar-refractivity contribution in [3.05, 3.63) is 29.8 Å². The largest absolute Gasteiger partial charge is 0.508 e. The van der Waals surface area contributed by atoms with Gasteiger partial charge in [0.1, 0.15) is 24.4 Å². The topological polar surface area (TPSA) is 235 Å². The number of guanidine groups is 1. The van der Waals surface area contributed by atoms with Crippen molar-refractivity contribution in [3.8, 4) is 5.75 Å². The molecule has 0 heterocycles. The number of carboxylic acid groups (broad SMARTS) is 1. The number of phenolic OH excluding ortho intramolecular Hbond substituents is 1. The van der Waals surface area contributed by atoms with Crippen molar-refractivity contribution < 1.29 is 29.4 Å². The monoisotopic (exact) mass is 493 g/mol. The van der Waals surface area contributed by atoms with Gasteiger partial charge in [-0.3, -0.25) is 24.2 Å². The molecule has 1 aromatic rings. The van der Waals surface area contributed by atoms with Gasteiger partial charge in [0.15, 0.2) is 5.96 Å².